The Bertz CT molecular complexity index is 1230. The number of carboxylic acid groups (broad SMARTS) is 1. The molecule has 0 radical (unpaired) electrons. The first-order valence-corrected chi connectivity index (χ1v) is 12.2. The third-order valence-electron chi connectivity index (χ3n) is 5.63. The van der Waals surface area contributed by atoms with E-state index in [4.69, 9.17) is 9.47 Å². The highest BCUT2D eigenvalue weighted by Gasteiger charge is 2.27. The molecule has 0 heterocycles. The van der Waals surface area contributed by atoms with Gasteiger partial charge < -0.3 is 14.6 Å². The normalized spacial score (nSPS) is 12.6. The molecule has 8 heteroatoms. The highest BCUT2D eigenvalue weighted by atomic mass is 19.4. The van der Waals surface area contributed by atoms with Crippen molar-refractivity contribution in [3.63, 3.8) is 0 Å². The summed E-state index contributed by atoms with van der Waals surface area (Å²) in [5.41, 5.74) is 2.79. The maximum Gasteiger partial charge on any atom is 0.393 e. The molecule has 1 atom stereocenters. The van der Waals surface area contributed by atoms with E-state index in [9.17, 15) is 27.9 Å². The third kappa shape index (κ3) is 9.57. The monoisotopic (exact) mass is 528 g/mol. The van der Waals surface area contributed by atoms with Gasteiger partial charge in [0.05, 0.1) is 19.3 Å². The summed E-state index contributed by atoms with van der Waals surface area (Å²) in [5.74, 6) is -1.43. The van der Waals surface area contributed by atoms with Crippen molar-refractivity contribution in [3.05, 3.63) is 89.5 Å². The quantitative estimate of drug-likeness (QED) is 0.279. The Morgan fingerprint density at radius 2 is 1.50 bits per heavy atom. The van der Waals surface area contributed by atoms with E-state index < -0.39 is 36.1 Å². The average molecular weight is 529 g/mol. The summed E-state index contributed by atoms with van der Waals surface area (Å²) in [7, 11) is 0. The Kier molecular flexibility index (Phi) is 9.20. The van der Waals surface area contributed by atoms with Crippen LogP contribution in [-0.2, 0) is 27.4 Å². The van der Waals surface area contributed by atoms with Crippen molar-refractivity contribution in [2.45, 2.75) is 64.3 Å². The fourth-order valence-electron chi connectivity index (χ4n) is 3.99. The van der Waals surface area contributed by atoms with Crippen LogP contribution in [0.1, 0.15) is 56.2 Å². The van der Waals surface area contributed by atoms with Gasteiger partial charge in [-0.1, -0.05) is 54.6 Å². The molecular formula is C30H31F3O5. The highest BCUT2D eigenvalue weighted by molar-refractivity contribution is 5.74. The summed E-state index contributed by atoms with van der Waals surface area (Å²) in [6.45, 7) is 5.53. The first-order chi connectivity index (χ1) is 17.8. The molecule has 0 aromatic heterocycles. The topological polar surface area (TPSA) is 72.8 Å². The molecular weight excluding hydrogens is 497 g/mol. The highest BCUT2D eigenvalue weighted by Crippen LogP contribution is 2.28. The second-order valence-electron chi connectivity index (χ2n) is 10.1. The molecule has 0 saturated heterocycles. The molecule has 1 N–H and O–H groups in total. The van der Waals surface area contributed by atoms with Gasteiger partial charge in [-0.05, 0) is 66.8 Å². The summed E-state index contributed by atoms with van der Waals surface area (Å²) in [6.07, 6.45) is -5.46. The molecule has 202 valence electrons. The minimum absolute atomic E-state index is 0.0479. The smallest absolute Gasteiger partial charge is 0.393 e. The number of ether oxygens (including phenoxy) is 2. The van der Waals surface area contributed by atoms with Crippen molar-refractivity contribution >= 4 is 11.9 Å². The van der Waals surface area contributed by atoms with Crippen LogP contribution in [0.15, 0.2) is 72.8 Å². The van der Waals surface area contributed by atoms with Gasteiger partial charge in [-0.15, -0.1) is 0 Å². The van der Waals surface area contributed by atoms with Gasteiger partial charge in [0.2, 0.25) is 0 Å². The number of hydrogen-bond acceptors (Lipinski definition) is 4. The number of benzene rings is 3. The lowest BCUT2D eigenvalue weighted by Gasteiger charge is -2.22. The van der Waals surface area contributed by atoms with Crippen LogP contribution in [0.5, 0.6) is 5.75 Å². The summed E-state index contributed by atoms with van der Waals surface area (Å²) in [5, 5.41) is 9.30. The Hall–Kier alpha value is -3.81. The van der Waals surface area contributed by atoms with E-state index in [0.717, 1.165) is 16.7 Å². The van der Waals surface area contributed by atoms with Crippen LogP contribution in [0.4, 0.5) is 13.2 Å². The number of carbonyl (C=O) groups excluding carboxylic acids is 1. The number of carbonyl (C=O) groups is 2. The lowest BCUT2D eigenvalue weighted by atomic mass is 9.92. The largest absolute Gasteiger partial charge is 0.489 e. The zero-order valence-electron chi connectivity index (χ0n) is 21.5. The molecule has 3 aromatic carbocycles. The molecule has 1 unspecified atom stereocenters. The van der Waals surface area contributed by atoms with E-state index >= 15 is 0 Å². The minimum atomic E-state index is -4.24. The molecule has 38 heavy (non-hydrogen) atoms. The van der Waals surface area contributed by atoms with Crippen molar-refractivity contribution in [1.82, 2.24) is 0 Å². The Morgan fingerprint density at radius 1 is 0.842 bits per heavy atom. The number of rotatable bonds is 10. The molecule has 0 bridgehead atoms. The second kappa shape index (κ2) is 12.2. The first kappa shape index (κ1) is 28.8. The molecule has 3 rings (SSSR count). The number of aliphatic carboxylic acids is 1. The summed E-state index contributed by atoms with van der Waals surface area (Å²) in [6, 6.07) is 20.8. The average Bonchev–Trinajstić information content (AvgIpc) is 2.81. The van der Waals surface area contributed by atoms with Gasteiger partial charge in [0.25, 0.3) is 0 Å². The van der Waals surface area contributed by atoms with Gasteiger partial charge >= 0.3 is 18.1 Å². The summed E-state index contributed by atoms with van der Waals surface area (Å²) < 4.78 is 49.0. The molecule has 0 fully saturated rings. The Balaban J connectivity index is 1.64. The molecule has 0 saturated carbocycles. The lowest BCUT2D eigenvalue weighted by molar-refractivity contribution is -0.155. The molecule has 0 amide bonds. The van der Waals surface area contributed by atoms with Crippen LogP contribution in [-0.4, -0.2) is 28.8 Å². The molecule has 0 aliphatic heterocycles. The number of esters is 1. The maximum atomic E-state index is 12.6. The van der Waals surface area contributed by atoms with Gasteiger partial charge in [-0.2, -0.15) is 13.2 Å². The van der Waals surface area contributed by atoms with Crippen LogP contribution in [0.2, 0.25) is 0 Å². The van der Waals surface area contributed by atoms with E-state index in [-0.39, 0.29) is 25.0 Å². The first-order valence-electron chi connectivity index (χ1n) is 12.2. The fraction of sp³-hybridized carbons (Fsp3) is 0.333. The van der Waals surface area contributed by atoms with Crippen molar-refractivity contribution in [2.24, 2.45) is 0 Å². The number of alkyl halides is 3. The van der Waals surface area contributed by atoms with Crippen LogP contribution in [0.3, 0.4) is 0 Å². The second-order valence-corrected chi connectivity index (χ2v) is 10.1. The van der Waals surface area contributed by atoms with E-state index in [0.29, 0.717) is 11.3 Å². The number of carboxylic acids is 1. The predicted octanol–water partition coefficient (Wildman–Crippen LogP) is 7.33. The molecule has 0 aliphatic carbocycles. The van der Waals surface area contributed by atoms with Crippen molar-refractivity contribution in [2.75, 3.05) is 0 Å². The van der Waals surface area contributed by atoms with Gasteiger partial charge in [0.1, 0.15) is 18.0 Å². The standard InChI is InChI=1S/C30H31F3O5/c1-29(2,3)38-28(36)17-25(16-27(34)35)23-11-13-26(14-12-23)37-19-21-5-4-6-24(15-21)22-9-7-20(8-10-22)18-30(31,32)33/h4-15,25H,16-19H2,1-3H3,(H,34,35). The van der Waals surface area contributed by atoms with Crippen LogP contribution < -0.4 is 4.74 Å². The number of hydrogen-bond donors (Lipinski definition) is 1. The zero-order chi connectivity index (χ0) is 27.9. The molecule has 3 aromatic rings. The van der Waals surface area contributed by atoms with E-state index in [1.807, 2.05) is 24.3 Å². The minimum Gasteiger partial charge on any atom is -0.489 e. The van der Waals surface area contributed by atoms with Crippen LogP contribution in [0.25, 0.3) is 11.1 Å². The van der Waals surface area contributed by atoms with E-state index in [1.54, 1.807) is 57.2 Å². The van der Waals surface area contributed by atoms with Gasteiger partial charge in [-0.3, -0.25) is 9.59 Å². The van der Waals surface area contributed by atoms with Crippen LogP contribution >= 0.6 is 0 Å². The zero-order valence-corrected chi connectivity index (χ0v) is 21.5. The fourth-order valence-corrected chi connectivity index (χ4v) is 3.99. The third-order valence-corrected chi connectivity index (χ3v) is 5.63. The van der Waals surface area contributed by atoms with E-state index in [1.165, 1.54) is 12.1 Å². The van der Waals surface area contributed by atoms with Gasteiger partial charge in [0.15, 0.2) is 0 Å². The van der Waals surface area contributed by atoms with E-state index in [2.05, 4.69) is 0 Å². The molecule has 0 aliphatic rings. The maximum absolute atomic E-state index is 12.6. The van der Waals surface area contributed by atoms with Crippen molar-refractivity contribution in [1.29, 1.82) is 0 Å². The summed E-state index contributed by atoms with van der Waals surface area (Å²) >= 11 is 0. The predicted molar refractivity (Wildman–Crippen MR) is 138 cm³/mol. The Morgan fingerprint density at radius 3 is 2.08 bits per heavy atom. The van der Waals surface area contributed by atoms with Gasteiger partial charge in [-0.25, -0.2) is 0 Å². The van der Waals surface area contributed by atoms with Gasteiger partial charge in [0, 0.05) is 5.92 Å². The van der Waals surface area contributed by atoms with Crippen molar-refractivity contribution in [3.8, 4) is 16.9 Å². The number of halogens is 3. The van der Waals surface area contributed by atoms with Crippen LogP contribution in [0, 0.1) is 0 Å². The summed E-state index contributed by atoms with van der Waals surface area (Å²) in [4.78, 5) is 23.6. The molecule has 5 nitrogen and oxygen atoms in total. The molecule has 0 spiro atoms. The lowest BCUT2D eigenvalue weighted by Crippen LogP contribution is -2.25. The van der Waals surface area contributed by atoms with Crippen molar-refractivity contribution < 1.29 is 37.3 Å². The Labute approximate surface area is 220 Å². The SMILES string of the molecule is CC(C)(C)OC(=O)CC(CC(=O)O)c1ccc(OCc2cccc(-c3ccc(CC(F)(F)F)cc3)c2)cc1.